The minimum absolute atomic E-state index is 0.0573. The third-order valence-corrected chi connectivity index (χ3v) is 6.88. The Morgan fingerprint density at radius 2 is 1.19 bits per heavy atom. The van der Waals surface area contributed by atoms with Gasteiger partial charge in [-0.15, -0.1) is 0 Å². The summed E-state index contributed by atoms with van der Waals surface area (Å²) in [7, 11) is 0. The van der Waals surface area contributed by atoms with Gasteiger partial charge in [0.1, 0.15) is 67.1 Å². The molecule has 0 radical (unpaired) electrons. The van der Waals surface area contributed by atoms with Gasteiger partial charge in [0.05, 0.1) is 39.1 Å². The number of rotatable bonds is 7. The van der Waals surface area contributed by atoms with Gasteiger partial charge < -0.3 is 79.1 Å². The van der Waals surface area contributed by atoms with Gasteiger partial charge in [0.2, 0.25) is 0 Å². The molecule has 0 amide bonds. The fourth-order valence-electron chi connectivity index (χ4n) is 4.57. The fraction of sp³-hybridized carbons (Fsp3) is 1.00. The summed E-state index contributed by atoms with van der Waals surface area (Å²) in [4.78, 5) is 0. The van der Waals surface area contributed by atoms with E-state index in [-0.39, 0.29) is 32.8 Å². The van der Waals surface area contributed by atoms with Crippen molar-refractivity contribution >= 4 is 0 Å². The maximum atomic E-state index is 10.6. The van der Waals surface area contributed by atoms with E-state index in [1.807, 2.05) is 0 Å². The van der Waals surface area contributed by atoms with Crippen molar-refractivity contribution in [1.82, 2.24) is 0 Å². The maximum absolute atomic E-state index is 10.6. The lowest BCUT2D eigenvalue weighted by atomic mass is 10.0. The predicted molar refractivity (Wildman–Crippen MR) is 113 cm³/mol. The van der Waals surface area contributed by atoms with E-state index in [2.05, 4.69) is 0 Å². The second-order valence-corrected chi connectivity index (χ2v) is 9.57. The van der Waals surface area contributed by atoms with Gasteiger partial charge in [0, 0.05) is 6.42 Å². The molecule has 4 heterocycles. The highest BCUT2D eigenvalue weighted by Crippen LogP contribution is 2.29. The summed E-state index contributed by atoms with van der Waals surface area (Å²) in [6, 6.07) is 0. The number of hydrogen-bond donors (Lipinski definition) is 9. The molecule has 37 heavy (non-hydrogen) atoms. The van der Waals surface area contributed by atoms with Crippen LogP contribution in [0.2, 0.25) is 0 Å². The average molecular weight is 545 g/mol. The highest BCUT2D eigenvalue weighted by molar-refractivity contribution is 4.90. The van der Waals surface area contributed by atoms with Gasteiger partial charge >= 0.3 is 0 Å². The maximum Gasteiger partial charge on any atom is 0.187 e. The normalized spacial score (nSPS) is 51.6. The summed E-state index contributed by atoms with van der Waals surface area (Å²) < 4.78 is 38.1. The quantitative estimate of drug-likeness (QED) is 0.145. The number of aliphatic hydroxyl groups excluding tert-OH is 9. The first-order valence-electron chi connectivity index (χ1n) is 12.1. The molecule has 4 saturated heterocycles. The number of ether oxygens (including phenoxy) is 7. The summed E-state index contributed by atoms with van der Waals surface area (Å²) in [5.41, 5.74) is 0. The molecule has 4 aliphatic rings. The van der Waals surface area contributed by atoms with E-state index in [0.29, 0.717) is 0 Å². The van der Waals surface area contributed by atoms with E-state index in [4.69, 9.17) is 33.2 Å². The zero-order valence-electron chi connectivity index (χ0n) is 19.8. The Hall–Kier alpha value is -0.640. The van der Waals surface area contributed by atoms with Crippen LogP contribution in [0, 0.1) is 0 Å². The lowest BCUT2D eigenvalue weighted by molar-refractivity contribution is -0.323. The Bertz CT molecular complexity index is 716. The van der Waals surface area contributed by atoms with Crippen molar-refractivity contribution in [3.05, 3.63) is 0 Å². The first-order valence-corrected chi connectivity index (χ1v) is 12.1. The molecule has 16 heteroatoms. The summed E-state index contributed by atoms with van der Waals surface area (Å²) >= 11 is 0. The molecule has 0 aromatic rings. The van der Waals surface area contributed by atoms with E-state index in [1.165, 1.54) is 0 Å². The Labute approximate surface area is 211 Å². The highest BCUT2D eigenvalue weighted by atomic mass is 16.7. The summed E-state index contributed by atoms with van der Waals surface area (Å²) in [6.45, 7) is -1.36. The summed E-state index contributed by atoms with van der Waals surface area (Å²) in [6.07, 6.45) is -20.1. The third kappa shape index (κ3) is 6.58. The third-order valence-electron chi connectivity index (χ3n) is 6.88. The van der Waals surface area contributed by atoms with Gasteiger partial charge in [0.15, 0.2) is 18.9 Å². The van der Waals surface area contributed by atoms with Gasteiger partial charge in [-0.2, -0.15) is 0 Å². The summed E-state index contributed by atoms with van der Waals surface area (Å²) in [5.74, 6) is 0. The van der Waals surface area contributed by atoms with Crippen LogP contribution < -0.4 is 0 Å². The minimum atomic E-state index is -1.61. The largest absolute Gasteiger partial charge is 0.394 e. The van der Waals surface area contributed by atoms with Crippen molar-refractivity contribution in [1.29, 1.82) is 0 Å². The molecule has 4 rings (SSSR count). The monoisotopic (exact) mass is 544 g/mol. The van der Waals surface area contributed by atoms with Crippen molar-refractivity contribution in [2.45, 2.75) is 98.5 Å². The van der Waals surface area contributed by atoms with Gasteiger partial charge in [-0.1, -0.05) is 0 Å². The Balaban J connectivity index is 1.34. The van der Waals surface area contributed by atoms with Gasteiger partial charge in [-0.25, -0.2) is 0 Å². The molecule has 4 aliphatic heterocycles. The van der Waals surface area contributed by atoms with Crippen molar-refractivity contribution in [2.75, 3.05) is 33.0 Å². The van der Waals surface area contributed by atoms with Crippen molar-refractivity contribution in [3.63, 3.8) is 0 Å². The molecular weight excluding hydrogens is 508 g/mol. The van der Waals surface area contributed by atoms with Gasteiger partial charge in [-0.3, -0.25) is 0 Å². The predicted octanol–water partition coefficient (Wildman–Crippen LogP) is -6.12. The van der Waals surface area contributed by atoms with Crippen LogP contribution in [0.1, 0.15) is 6.42 Å². The van der Waals surface area contributed by atoms with Crippen molar-refractivity contribution < 1.29 is 79.1 Å². The zero-order valence-corrected chi connectivity index (χ0v) is 19.8. The van der Waals surface area contributed by atoms with Crippen LogP contribution in [0.5, 0.6) is 0 Å². The minimum Gasteiger partial charge on any atom is -0.394 e. The van der Waals surface area contributed by atoms with Crippen LogP contribution >= 0.6 is 0 Å². The Morgan fingerprint density at radius 3 is 1.89 bits per heavy atom. The van der Waals surface area contributed by atoms with E-state index >= 15 is 0 Å². The number of hydrogen-bond acceptors (Lipinski definition) is 16. The van der Waals surface area contributed by atoms with E-state index < -0.39 is 98.7 Å². The molecule has 16 nitrogen and oxygen atoms in total. The van der Waals surface area contributed by atoms with E-state index in [1.54, 1.807) is 0 Å². The second-order valence-electron chi connectivity index (χ2n) is 9.57. The average Bonchev–Trinajstić information content (AvgIpc) is 3.07. The molecule has 0 aliphatic carbocycles. The molecule has 9 N–H and O–H groups in total. The van der Waals surface area contributed by atoms with E-state index in [0.717, 1.165) is 0 Å². The van der Waals surface area contributed by atoms with Crippen LogP contribution in [0.3, 0.4) is 0 Å². The van der Waals surface area contributed by atoms with Crippen LogP contribution in [0.25, 0.3) is 0 Å². The SMILES string of the molecule is OC[C@@H]1O[C@@H](O[C@H]2CC(O[C@@H]3CO[C@@H](O[C@@H]4COCC(O)[C@H]4O)C(O)C3O)OC[C@@H](O)C2O)C(O)C1O. The molecule has 7 unspecified atom stereocenters. The van der Waals surface area contributed by atoms with Crippen LogP contribution in [-0.2, 0) is 33.2 Å². The van der Waals surface area contributed by atoms with Crippen LogP contribution in [-0.4, -0.2) is 171 Å². The molecule has 0 aromatic carbocycles. The number of aliphatic hydroxyl groups is 9. The van der Waals surface area contributed by atoms with Crippen molar-refractivity contribution in [3.8, 4) is 0 Å². The van der Waals surface area contributed by atoms with Gasteiger partial charge in [0.25, 0.3) is 0 Å². The lowest BCUT2D eigenvalue weighted by Gasteiger charge is -2.41. The topological polar surface area (TPSA) is 247 Å². The van der Waals surface area contributed by atoms with Crippen LogP contribution in [0.15, 0.2) is 0 Å². The standard InChI is InChI=1S/C21H36O16/c22-2-10-16(27)19(30)21(36-10)35-9-1-13(32-4-8(24)14(9)25)34-12-6-33-20(18(29)17(12)28)37-11-5-31-3-7(23)15(11)26/h7-30H,1-6H2/t7?,8-,9+,10+,11-,12-,13?,14?,15-,16?,17?,18?,19?,20+,21-/m1/s1. The van der Waals surface area contributed by atoms with Gasteiger partial charge in [-0.05, 0) is 0 Å². The first-order chi connectivity index (χ1) is 17.6. The van der Waals surface area contributed by atoms with E-state index in [9.17, 15) is 46.0 Å². The zero-order chi connectivity index (χ0) is 26.9. The molecule has 4 fully saturated rings. The molecule has 15 atom stereocenters. The molecule has 0 bridgehead atoms. The molecule has 0 aromatic heterocycles. The second kappa shape index (κ2) is 12.7. The lowest BCUT2D eigenvalue weighted by Crippen LogP contribution is -2.58. The molecule has 0 saturated carbocycles. The van der Waals surface area contributed by atoms with Crippen LogP contribution in [0.4, 0.5) is 0 Å². The fourth-order valence-corrected chi connectivity index (χ4v) is 4.57. The first kappa shape index (κ1) is 29.3. The molecule has 216 valence electrons. The molecular formula is C21H36O16. The van der Waals surface area contributed by atoms with Crippen molar-refractivity contribution in [2.24, 2.45) is 0 Å². The molecule has 0 spiro atoms. The smallest absolute Gasteiger partial charge is 0.187 e. The Kier molecular flexibility index (Phi) is 10.1. The Morgan fingerprint density at radius 1 is 0.568 bits per heavy atom. The highest BCUT2D eigenvalue weighted by Gasteiger charge is 2.48. The summed E-state index contributed by atoms with van der Waals surface area (Å²) in [5, 5.41) is 90.8.